The number of benzene rings is 1. The van der Waals surface area contributed by atoms with Crippen molar-refractivity contribution in [1.82, 2.24) is 19.9 Å². The molecule has 1 N–H and O–H groups in total. The summed E-state index contributed by atoms with van der Waals surface area (Å²) < 4.78 is 52.7. The molecule has 134 valence electrons. The summed E-state index contributed by atoms with van der Waals surface area (Å²) >= 11 is 0. The number of hydrogen-bond donors (Lipinski definition) is 1. The molecule has 3 rings (SSSR count). The molecule has 1 atom stereocenters. The molecule has 9 heteroatoms. The first kappa shape index (κ1) is 17.7. The van der Waals surface area contributed by atoms with Crippen molar-refractivity contribution in [2.24, 2.45) is 0 Å². The summed E-state index contributed by atoms with van der Waals surface area (Å²) in [5, 5.41) is 2.99. The van der Waals surface area contributed by atoms with Crippen molar-refractivity contribution in [3.05, 3.63) is 66.3 Å². The van der Waals surface area contributed by atoms with Gasteiger partial charge in [0, 0.05) is 35.9 Å². The smallest absolute Gasteiger partial charge is 0.344 e. The normalized spacial score (nSPS) is 12.7. The van der Waals surface area contributed by atoms with Gasteiger partial charge in [0.05, 0.1) is 11.6 Å². The molecule has 1 aromatic carbocycles. The van der Waals surface area contributed by atoms with Crippen molar-refractivity contribution in [1.29, 1.82) is 0 Å². The Labute approximate surface area is 146 Å². The van der Waals surface area contributed by atoms with Crippen LogP contribution in [0.5, 0.6) is 0 Å². The minimum atomic E-state index is -4.77. The highest BCUT2D eigenvalue weighted by atomic mass is 19.4. The fourth-order valence-corrected chi connectivity index (χ4v) is 2.31. The second-order valence-electron chi connectivity index (χ2n) is 5.43. The molecule has 0 aliphatic heterocycles. The maximum atomic E-state index is 14.2. The van der Waals surface area contributed by atoms with Gasteiger partial charge in [-0.3, -0.25) is 0 Å². The summed E-state index contributed by atoms with van der Waals surface area (Å²) in [4.78, 5) is 16.3. The van der Waals surface area contributed by atoms with Crippen LogP contribution < -0.4 is 5.32 Å². The first-order chi connectivity index (χ1) is 12.4. The average Bonchev–Trinajstić information content (AvgIpc) is 2.62. The van der Waals surface area contributed by atoms with Gasteiger partial charge in [0.15, 0.2) is 0 Å². The first-order valence-electron chi connectivity index (χ1n) is 7.58. The van der Waals surface area contributed by atoms with E-state index in [1.54, 1.807) is 25.4 Å². The fraction of sp³-hybridized carbons (Fsp3) is 0.176. The number of alkyl halides is 3. The largest absolute Gasteiger partial charge is 0.419 e. The Hall–Kier alpha value is -3.10. The lowest BCUT2D eigenvalue weighted by Gasteiger charge is -2.13. The third-order valence-electron chi connectivity index (χ3n) is 3.59. The van der Waals surface area contributed by atoms with E-state index in [-0.39, 0.29) is 17.2 Å². The molecule has 0 saturated carbocycles. The Morgan fingerprint density at radius 2 is 1.62 bits per heavy atom. The van der Waals surface area contributed by atoms with Gasteiger partial charge in [-0.15, -0.1) is 0 Å². The topological polar surface area (TPSA) is 63.6 Å². The molecule has 2 aromatic heterocycles. The number of rotatable bonds is 4. The van der Waals surface area contributed by atoms with Crippen LogP contribution in [-0.2, 0) is 6.18 Å². The molecule has 0 amide bonds. The Morgan fingerprint density at radius 3 is 2.23 bits per heavy atom. The SMILES string of the molecule is C[C@H](Nc1ncccn1)c1ncc(-c2cccc(C(F)(F)F)c2F)cn1. The molecule has 0 unspecified atom stereocenters. The van der Waals surface area contributed by atoms with Crippen molar-refractivity contribution in [2.45, 2.75) is 19.1 Å². The number of nitrogens with zero attached hydrogens (tertiary/aromatic N) is 4. The van der Waals surface area contributed by atoms with E-state index in [9.17, 15) is 17.6 Å². The molecule has 0 fully saturated rings. The number of nitrogens with one attached hydrogen (secondary N) is 1. The maximum absolute atomic E-state index is 14.2. The van der Waals surface area contributed by atoms with Crippen molar-refractivity contribution in [3.63, 3.8) is 0 Å². The second-order valence-corrected chi connectivity index (χ2v) is 5.43. The van der Waals surface area contributed by atoms with E-state index in [2.05, 4.69) is 25.3 Å². The summed E-state index contributed by atoms with van der Waals surface area (Å²) in [5.41, 5.74) is -1.38. The monoisotopic (exact) mass is 363 g/mol. The van der Waals surface area contributed by atoms with Gasteiger partial charge in [0.25, 0.3) is 0 Å². The van der Waals surface area contributed by atoms with Crippen LogP contribution in [0, 0.1) is 5.82 Å². The number of aromatic nitrogens is 4. The van der Waals surface area contributed by atoms with E-state index in [1.165, 1.54) is 18.5 Å². The van der Waals surface area contributed by atoms with Gasteiger partial charge >= 0.3 is 6.18 Å². The Kier molecular flexibility index (Phi) is 4.79. The summed E-state index contributed by atoms with van der Waals surface area (Å²) in [6.45, 7) is 1.77. The third kappa shape index (κ3) is 3.76. The number of halogens is 4. The molecule has 26 heavy (non-hydrogen) atoms. The molecule has 2 heterocycles. The van der Waals surface area contributed by atoms with Gasteiger partial charge in [-0.2, -0.15) is 13.2 Å². The Balaban J connectivity index is 1.84. The van der Waals surface area contributed by atoms with Crippen LogP contribution in [-0.4, -0.2) is 19.9 Å². The predicted molar refractivity (Wildman–Crippen MR) is 86.5 cm³/mol. The van der Waals surface area contributed by atoms with Gasteiger partial charge in [-0.05, 0) is 19.1 Å². The van der Waals surface area contributed by atoms with Gasteiger partial charge in [0.2, 0.25) is 5.95 Å². The zero-order valence-corrected chi connectivity index (χ0v) is 13.5. The van der Waals surface area contributed by atoms with E-state index in [4.69, 9.17) is 0 Å². The molecule has 0 bridgehead atoms. The summed E-state index contributed by atoms with van der Waals surface area (Å²) in [7, 11) is 0. The highest BCUT2D eigenvalue weighted by molar-refractivity contribution is 5.63. The van der Waals surface area contributed by atoms with Crippen LogP contribution >= 0.6 is 0 Å². The van der Waals surface area contributed by atoms with Crippen LogP contribution in [0.15, 0.2) is 49.1 Å². The van der Waals surface area contributed by atoms with Crippen LogP contribution in [0.25, 0.3) is 11.1 Å². The van der Waals surface area contributed by atoms with Crippen molar-refractivity contribution in [2.75, 3.05) is 5.32 Å². The molecule has 0 aliphatic rings. The maximum Gasteiger partial charge on any atom is 0.419 e. The van der Waals surface area contributed by atoms with E-state index in [0.29, 0.717) is 17.8 Å². The lowest BCUT2D eigenvalue weighted by molar-refractivity contribution is -0.139. The Morgan fingerprint density at radius 1 is 0.962 bits per heavy atom. The second kappa shape index (κ2) is 7.03. The summed E-state index contributed by atoms with van der Waals surface area (Å²) in [6, 6.07) is 4.41. The zero-order valence-electron chi connectivity index (χ0n) is 13.5. The minimum absolute atomic E-state index is 0.153. The molecule has 0 radical (unpaired) electrons. The van der Waals surface area contributed by atoms with Crippen LogP contribution in [0.2, 0.25) is 0 Å². The summed E-state index contributed by atoms with van der Waals surface area (Å²) in [5.74, 6) is -0.592. The standard InChI is InChI=1S/C17H13F4N5/c1-10(26-16-22-6-3-7-23-16)15-24-8-11(9-25-15)12-4-2-5-13(14(12)18)17(19,20)21/h2-10H,1H3,(H,22,23,26)/t10-/m0/s1. The number of anilines is 1. The molecule has 0 spiro atoms. The van der Waals surface area contributed by atoms with Gasteiger partial charge < -0.3 is 5.32 Å². The summed E-state index contributed by atoms with van der Waals surface area (Å²) in [6.07, 6.45) is 0.940. The van der Waals surface area contributed by atoms with Gasteiger partial charge in [0.1, 0.15) is 11.6 Å². The highest BCUT2D eigenvalue weighted by Gasteiger charge is 2.35. The van der Waals surface area contributed by atoms with Crippen LogP contribution in [0.4, 0.5) is 23.5 Å². The van der Waals surface area contributed by atoms with Crippen molar-refractivity contribution < 1.29 is 17.6 Å². The van der Waals surface area contributed by atoms with E-state index in [1.807, 2.05) is 0 Å². The van der Waals surface area contributed by atoms with E-state index in [0.717, 1.165) is 6.07 Å². The zero-order chi connectivity index (χ0) is 18.7. The molecular weight excluding hydrogens is 350 g/mol. The first-order valence-corrected chi connectivity index (χ1v) is 7.58. The van der Waals surface area contributed by atoms with Gasteiger partial charge in [-0.25, -0.2) is 24.3 Å². The van der Waals surface area contributed by atoms with E-state index >= 15 is 0 Å². The van der Waals surface area contributed by atoms with Gasteiger partial charge in [-0.1, -0.05) is 12.1 Å². The molecular formula is C17H13F4N5. The van der Waals surface area contributed by atoms with Crippen molar-refractivity contribution in [3.8, 4) is 11.1 Å². The number of hydrogen-bond acceptors (Lipinski definition) is 5. The Bertz CT molecular complexity index is 882. The lowest BCUT2D eigenvalue weighted by Crippen LogP contribution is -2.12. The fourth-order valence-electron chi connectivity index (χ4n) is 2.31. The minimum Gasteiger partial charge on any atom is -0.344 e. The lowest BCUT2D eigenvalue weighted by atomic mass is 10.0. The molecule has 0 aliphatic carbocycles. The van der Waals surface area contributed by atoms with Crippen LogP contribution in [0.3, 0.4) is 0 Å². The van der Waals surface area contributed by atoms with E-state index < -0.39 is 17.6 Å². The molecule has 5 nitrogen and oxygen atoms in total. The van der Waals surface area contributed by atoms with Crippen LogP contribution in [0.1, 0.15) is 24.4 Å². The third-order valence-corrected chi connectivity index (χ3v) is 3.59. The average molecular weight is 363 g/mol. The molecule has 0 saturated heterocycles. The highest BCUT2D eigenvalue weighted by Crippen LogP contribution is 2.35. The quantitative estimate of drug-likeness (QED) is 0.702. The predicted octanol–water partition coefficient (Wildman–Crippen LogP) is 4.26. The van der Waals surface area contributed by atoms with Crippen molar-refractivity contribution >= 4 is 5.95 Å². The molecule has 3 aromatic rings.